The number of hydrogen-bond acceptors (Lipinski definition) is 8. The average Bonchev–Trinajstić information content (AvgIpc) is 3.31. The van der Waals surface area contributed by atoms with Gasteiger partial charge in [-0.25, -0.2) is 0 Å². The third-order valence-corrected chi connectivity index (χ3v) is 8.06. The largest absolute Gasteiger partial charge is 0.465 e. The molecule has 1 aromatic carbocycles. The number of thioether (sulfide) groups is 1. The molecule has 1 saturated heterocycles. The highest BCUT2D eigenvalue weighted by molar-refractivity contribution is 7.99. The molecule has 0 spiro atoms. The first-order valence-electron chi connectivity index (χ1n) is 12.3. The van der Waals surface area contributed by atoms with Gasteiger partial charge >= 0.3 is 11.9 Å². The van der Waals surface area contributed by atoms with Crippen molar-refractivity contribution in [3.05, 3.63) is 58.3 Å². The van der Waals surface area contributed by atoms with E-state index < -0.39 is 23.7 Å². The molecule has 3 atom stereocenters. The Bertz CT molecular complexity index is 991. The number of carbonyl (C=O) groups excluding carboxylic acids is 3. The second kappa shape index (κ2) is 13.3. The zero-order valence-electron chi connectivity index (χ0n) is 21.4. The summed E-state index contributed by atoms with van der Waals surface area (Å²) in [6.07, 6.45) is 1.17. The molecule has 2 aromatic rings. The lowest BCUT2D eigenvalue weighted by molar-refractivity contribution is -0.159. The lowest BCUT2D eigenvalue weighted by Gasteiger charge is -2.28. The molecule has 1 amide bonds. The van der Waals surface area contributed by atoms with E-state index in [1.54, 1.807) is 55.7 Å². The molecule has 7 nitrogen and oxygen atoms in total. The van der Waals surface area contributed by atoms with Crippen molar-refractivity contribution in [2.24, 2.45) is 0 Å². The van der Waals surface area contributed by atoms with Crippen molar-refractivity contribution in [2.45, 2.75) is 63.5 Å². The SMILES string of the molecule is CCOC(=O)[C@H](CCc1ccccc1)N[C@H]1CSC(c2cccs2)CN(CC(=O)OC(C)(C)C)C1=O. The fourth-order valence-electron chi connectivity index (χ4n) is 4.00. The summed E-state index contributed by atoms with van der Waals surface area (Å²) in [6, 6.07) is 12.7. The van der Waals surface area contributed by atoms with Gasteiger partial charge < -0.3 is 14.4 Å². The number of nitrogens with one attached hydrogen (secondary N) is 1. The predicted octanol–water partition coefficient (Wildman–Crippen LogP) is 4.23. The van der Waals surface area contributed by atoms with Crippen LogP contribution in [0.2, 0.25) is 0 Å². The number of thiophene rings is 1. The maximum Gasteiger partial charge on any atom is 0.326 e. The van der Waals surface area contributed by atoms with Gasteiger partial charge in [0.25, 0.3) is 0 Å². The number of nitrogens with zero attached hydrogens (tertiary/aromatic N) is 1. The number of benzene rings is 1. The van der Waals surface area contributed by atoms with Crippen LogP contribution in [0.5, 0.6) is 0 Å². The summed E-state index contributed by atoms with van der Waals surface area (Å²) in [4.78, 5) is 41.8. The predicted molar refractivity (Wildman–Crippen MR) is 144 cm³/mol. The second-order valence-corrected chi connectivity index (χ2v) is 11.9. The first-order valence-corrected chi connectivity index (χ1v) is 14.2. The van der Waals surface area contributed by atoms with Crippen molar-refractivity contribution in [1.29, 1.82) is 0 Å². The fraction of sp³-hybridized carbons (Fsp3) is 0.519. The molecule has 1 aliphatic rings. The molecule has 1 N–H and O–H groups in total. The van der Waals surface area contributed by atoms with Gasteiger partial charge in [-0.15, -0.1) is 23.1 Å². The van der Waals surface area contributed by atoms with Gasteiger partial charge in [0.2, 0.25) is 5.91 Å². The Kier molecular flexibility index (Phi) is 10.4. The number of aryl methyl sites for hydroxylation is 1. The number of esters is 2. The zero-order chi connectivity index (χ0) is 26.1. The van der Waals surface area contributed by atoms with Crippen molar-refractivity contribution in [3.63, 3.8) is 0 Å². The number of carbonyl (C=O) groups is 3. The van der Waals surface area contributed by atoms with Crippen molar-refractivity contribution in [3.8, 4) is 0 Å². The van der Waals surface area contributed by atoms with E-state index in [9.17, 15) is 14.4 Å². The van der Waals surface area contributed by atoms with Crippen LogP contribution >= 0.6 is 23.1 Å². The van der Waals surface area contributed by atoms with Gasteiger partial charge in [-0.05, 0) is 57.5 Å². The Morgan fingerprint density at radius 3 is 2.56 bits per heavy atom. The normalized spacial score (nSPS) is 19.4. The highest BCUT2D eigenvalue weighted by Gasteiger charge is 2.36. The Balaban J connectivity index is 1.78. The van der Waals surface area contributed by atoms with Crippen LogP contribution in [0.25, 0.3) is 0 Å². The van der Waals surface area contributed by atoms with Crippen LogP contribution in [0, 0.1) is 0 Å². The van der Waals surface area contributed by atoms with Crippen LogP contribution in [0.4, 0.5) is 0 Å². The van der Waals surface area contributed by atoms with Crippen LogP contribution < -0.4 is 5.32 Å². The van der Waals surface area contributed by atoms with Gasteiger partial charge in [-0.1, -0.05) is 36.4 Å². The molecule has 1 fully saturated rings. The van der Waals surface area contributed by atoms with Gasteiger partial charge in [0.05, 0.1) is 17.9 Å². The minimum atomic E-state index is -0.641. The third kappa shape index (κ3) is 8.64. The van der Waals surface area contributed by atoms with Crippen LogP contribution in [-0.2, 0) is 30.3 Å². The minimum Gasteiger partial charge on any atom is -0.465 e. The topological polar surface area (TPSA) is 84.9 Å². The molecule has 0 aliphatic carbocycles. The van der Waals surface area contributed by atoms with Crippen LogP contribution in [0.15, 0.2) is 47.8 Å². The summed E-state index contributed by atoms with van der Waals surface area (Å²) in [5, 5.41) is 5.33. The number of rotatable bonds is 10. The summed E-state index contributed by atoms with van der Waals surface area (Å²) in [5.74, 6) is -0.546. The first-order chi connectivity index (χ1) is 17.2. The van der Waals surface area contributed by atoms with E-state index in [1.165, 1.54) is 0 Å². The zero-order valence-corrected chi connectivity index (χ0v) is 23.0. The molecule has 3 rings (SSSR count). The number of ether oxygens (including phenoxy) is 2. The standard InChI is InChI=1S/C27H36N2O5S2/c1-5-33-26(32)20(14-13-19-10-7-6-8-11-19)28-21-18-36-23(22-12-9-15-35-22)16-29(25(21)31)17-24(30)34-27(2,3)4/h6-12,15,20-21,23,28H,5,13-14,16-18H2,1-4H3/t20-,21-,23?/m0/s1. The van der Waals surface area contributed by atoms with Crippen molar-refractivity contribution < 1.29 is 23.9 Å². The Morgan fingerprint density at radius 2 is 1.92 bits per heavy atom. The molecule has 9 heteroatoms. The molecule has 0 radical (unpaired) electrons. The van der Waals surface area contributed by atoms with Crippen LogP contribution in [0.3, 0.4) is 0 Å². The highest BCUT2D eigenvalue weighted by Crippen LogP contribution is 2.35. The smallest absolute Gasteiger partial charge is 0.326 e. The van der Waals surface area contributed by atoms with Gasteiger partial charge in [0, 0.05) is 17.2 Å². The molecule has 1 aromatic heterocycles. The first kappa shape index (κ1) is 28.2. The van der Waals surface area contributed by atoms with E-state index in [0.29, 0.717) is 25.1 Å². The Morgan fingerprint density at radius 1 is 1.17 bits per heavy atom. The van der Waals surface area contributed by atoms with Crippen LogP contribution in [-0.4, -0.2) is 65.9 Å². The van der Waals surface area contributed by atoms with Gasteiger partial charge in [0.1, 0.15) is 18.2 Å². The highest BCUT2D eigenvalue weighted by atomic mass is 32.2. The molecule has 0 bridgehead atoms. The molecule has 1 unspecified atom stereocenters. The Labute approximate surface area is 221 Å². The van der Waals surface area contributed by atoms with Gasteiger partial charge in [-0.3, -0.25) is 19.7 Å². The maximum atomic E-state index is 13.6. The van der Waals surface area contributed by atoms with Crippen molar-refractivity contribution >= 4 is 40.9 Å². The molecule has 2 heterocycles. The lowest BCUT2D eigenvalue weighted by Crippen LogP contribution is -2.54. The summed E-state index contributed by atoms with van der Waals surface area (Å²) in [7, 11) is 0. The summed E-state index contributed by atoms with van der Waals surface area (Å²) < 4.78 is 10.8. The number of amides is 1. The molecule has 1 aliphatic heterocycles. The summed E-state index contributed by atoms with van der Waals surface area (Å²) in [6.45, 7) is 7.72. The van der Waals surface area contributed by atoms with E-state index in [4.69, 9.17) is 9.47 Å². The van der Waals surface area contributed by atoms with E-state index in [0.717, 1.165) is 10.4 Å². The van der Waals surface area contributed by atoms with Gasteiger partial charge in [0.15, 0.2) is 0 Å². The van der Waals surface area contributed by atoms with Crippen molar-refractivity contribution in [1.82, 2.24) is 10.2 Å². The quantitative estimate of drug-likeness (QED) is 0.459. The molecule has 196 valence electrons. The molecule has 36 heavy (non-hydrogen) atoms. The minimum absolute atomic E-state index is 0.0357. The Hall–Kier alpha value is -2.36. The molecular formula is C27H36N2O5S2. The van der Waals surface area contributed by atoms with E-state index in [-0.39, 0.29) is 30.3 Å². The second-order valence-electron chi connectivity index (χ2n) is 9.69. The van der Waals surface area contributed by atoms with Gasteiger partial charge in [-0.2, -0.15) is 0 Å². The molecular weight excluding hydrogens is 496 g/mol. The monoisotopic (exact) mass is 532 g/mol. The fourth-order valence-corrected chi connectivity index (χ4v) is 6.26. The summed E-state index contributed by atoms with van der Waals surface area (Å²) in [5.41, 5.74) is 0.470. The van der Waals surface area contributed by atoms with Crippen LogP contribution in [0.1, 0.15) is 49.8 Å². The van der Waals surface area contributed by atoms with Crippen molar-refractivity contribution in [2.75, 3.05) is 25.4 Å². The lowest BCUT2D eigenvalue weighted by atomic mass is 10.0. The van der Waals surface area contributed by atoms with E-state index in [1.807, 2.05) is 47.8 Å². The third-order valence-electron chi connectivity index (χ3n) is 5.60. The average molecular weight is 533 g/mol. The van der Waals surface area contributed by atoms with E-state index >= 15 is 0 Å². The molecule has 0 saturated carbocycles. The van der Waals surface area contributed by atoms with E-state index in [2.05, 4.69) is 5.32 Å². The summed E-state index contributed by atoms with van der Waals surface area (Å²) >= 11 is 3.29. The maximum absolute atomic E-state index is 13.6. The number of hydrogen-bond donors (Lipinski definition) is 1.